The lowest BCUT2D eigenvalue weighted by Gasteiger charge is -2.05. The molecule has 0 atom stereocenters. The summed E-state index contributed by atoms with van der Waals surface area (Å²) in [5, 5.41) is 9.00. The smallest absolute Gasteiger partial charge is 0.253 e. The van der Waals surface area contributed by atoms with Crippen molar-refractivity contribution in [1.82, 2.24) is 10.2 Å². The first-order chi connectivity index (χ1) is 12.1. The second-order valence-electron chi connectivity index (χ2n) is 5.27. The summed E-state index contributed by atoms with van der Waals surface area (Å²) >= 11 is 6.91. The quantitative estimate of drug-likeness (QED) is 0.668. The van der Waals surface area contributed by atoms with E-state index in [4.69, 9.17) is 11.6 Å². The maximum absolute atomic E-state index is 12.4. The Labute approximate surface area is 159 Å². The third-order valence-electron chi connectivity index (χ3n) is 3.30. The van der Waals surface area contributed by atoms with E-state index < -0.39 is 19.9 Å². The molecule has 136 valence electrons. The zero-order valence-corrected chi connectivity index (χ0v) is 16.5. The Morgan fingerprint density at radius 3 is 2.04 bits per heavy atom. The number of nitrogens with one attached hydrogen (secondary N) is 1. The summed E-state index contributed by atoms with van der Waals surface area (Å²) in [5.74, 6) is 0. The molecule has 0 amide bonds. The van der Waals surface area contributed by atoms with E-state index in [0.717, 1.165) is 23.2 Å². The van der Waals surface area contributed by atoms with Crippen LogP contribution in [0, 0.1) is 0 Å². The normalized spacial score (nSPS) is 12.1. The maximum Gasteiger partial charge on any atom is 0.263 e. The molecule has 1 heterocycles. The van der Waals surface area contributed by atoms with Crippen molar-refractivity contribution in [3.8, 4) is 10.6 Å². The highest BCUT2D eigenvalue weighted by molar-refractivity contribution is 7.93. The van der Waals surface area contributed by atoms with Crippen molar-refractivity contribution in [1.29, 1.82) is 0 Å². The number of halogens is 1. The van der Waals surface area contributed by atoms with Gasteiger partial charge < -0.3 is 0 Å². The van der Waals surface area contributed by atoms with Gasteiger partial charge in [0.1, 0.15) is 5.01 Å². The molecule has 1 aromatic heterocycles. The number of sulfonamides is 1. The van der Waals surface area contributed by atoms with Gasteiger partial charge in [0, 0.05) is 16.8 Å². The Balaban J connectivity index is 1.83. The molecule has 3 aromatic rings. The fourth-order valence-corrected chi connectivity index (χ4v) is 4.75. The van der Waals surface area contributed by atoms with Crippen molar-refractivity contribution < 1.29 is 16.8 Å². The van der Waals surface area contributed by atoms with Crippen LogP contribution in [0.25, 0.3) is 10.6 Å². The van der Waals surface area contributed by atoms with E-state index in [-0.39, 0.29) is 14.9 Å². The fourth-order valence-electron chi connectivity index (χ4n) is 2.01. The Morgan fingerprint density at radius 2 is 1.46 bits per heavy atom. The molecule has 0 bridgehead atoms. The lowest BCUT2D eigenvalue weighted by atomic mass is 10.2. The molecule has 0 aliphatic carbocycles. The Kier molecular flexibility index (Phi) is 5.02. The number of benzene rings is 2. The van der Waals surface area contributed by atoms with E-state index >= 15 is 0 Å². The summed E-state index contributed by atoms with van der Waals surface area (Å²) in [6.45, 7) is 0. The van der Waals surface area contributed by atoms with Gasteiger partial charge in [0.05, 0.1) is 9.79 Å². The largest absolute Gasteiger partial charge is 0.263 e. The highest BCUT2D eigenvalue weighted by atomic mass is 35.5. The van der Waals surface area contributed by atoms with E-state index in [0.29, 0.717) is 10.0 Å². The number of aromatic nitrogens is 2. The summed E-state index contributed by atoms with van der Waals surface area (Å²) in [7, 11) is -7.31. The first-order valence-corrected chi connectivity index (χ1v) is 11.6. The molecule has 0 saturated heterocycles. The van der Waals surface area contributed by atoms with Crippen LogP contribution >= 0.6 is 22.9 Å². The van der Waals surface area contributed by atoms with Crippen molar-refractivity contribution in [2.45, 2.75) is 9.79 Å². The fraction of sp³-hybridized carbons (Fsp3) is 0.0667. The molecule has 0 aliphatic rings. The standard InChI is InChI=1S/C15H12ClN3O4S3/c1-25(20,21)12-6-8-13(9-7-12)26(22,23)19-15-18-17-14(24-15)10-2-4-11(16)5-3-10/h2-9H,1H3,(H,18,19). The van der Waals surface area contributed by atoms with E-state index in [1.165, 1.54) is 24.3 Å². The number of rotatable bonds is 5. The second-order valence-corrected chi connectivity index (χ2v) is 10.4. The predicted octanol–water partition coefficient (Wildman–Crippen LogP) is 3.06. The first-order valence-electron chi connectivity index (χ1n) is 7.07. The highest BCUT2D eigenvalue weighted by Crippen LogP contribution is 2.28. The van der Waals surface area contributed by atoms with Crippen molar-refractivity contribution >= 4 is 47.9 Å². The van der Waals surface area contributed by atoms with Crippen molar-refractivity contribution in [2.75, 3.05) is 11.0 Å². The monoisotopic (exact) mass is 429 g/mol. The van der Waals surface area contributed by atoms with Crippen molar-refractivity contribution in [3.63, 3.8) is 0 Å². The molecule has 0 saturated carbocycles. The third-order valence-corrected chi connectivity index (χ3v) is 7.05. The van der Waals surface area contributed by atoms with Gasteiger partial charge in [-0.3, -0.25) is 4.72 Å². The van der Waals surface area contributed by atoms with Crippen LogP contribution < -0.4 is 4.72 Å². The number of nitrogens with zero attached hydrogens (tertiary/aromatic N) is 2. The molecular weight excluding hydrogens is 418 g/mol. The van der Waals surface area contributed by atoms with Crippen LogP contribution in [0.3, 0.4) is 0 Å². The van der Waals surface area contributed by atoms with Crippen LogP contribution in [0.15, 0.2) is 58.3 Å². The van der Waals surface area contributed by atoms with Gasteiger partial charge in [-0.15, -0.1) is 10.2 Å². The molecule has 0 fully saturated rings. The van der Waals surface area contributed by atoms with Gasteiger partial charge in [-0.1, -0.05) is 35.1 Å². The molecule has 0 aliphatic heterocycles. The van der Waals surface area contributed by atoms with E-state index in [9.17, 15) is 16.8 Å². The van der Waals surface area contributed by atoms with Crippen LogP contribution in [0.5, 0.6) is 0 Å². The zero-order chi connectivity index (χ0) is 18.9. The molecule has 26 heavy (non-hydrogen) atoms. The van der Waals surface area contributed by atoms with Gasteiger partial charge in [-0.25, -0.2) is 16.8 Å². The average molecular weight is 430 g/mol. The molecule has 0 spiro atoms. The molecular formula is C15H12ClN3O4S3. The third kappa shape index (κ3) is 4.21. The van der Waals surface area contributed by atoms with Gasteiger partial charge in [0.25, 0.3) is 10.0 Å². The Morgan fingerprint density at radius 1 is 0.885 bits per heavy atom. The topological polar surface area (TPSA) is 106 Å². The average Bonchev–Trinajstić information content (AvgIpc) is 3.02. The summed E-state index contributed by atoms with van der Waals surface area (Å²) in [4.78, 5) is -0.0365. The van der Waals surface area contributed by atoms with Gasteiger partial charge in [0.2, 0.25) is 5.13 Å². The second kappa shape index (κ2) is 6.95. The van der Waals surface area contributed by atoms with Crippen LogP contribution in [0.1, 0.15) is 0 Å². The SMILES string of the molecule is CS(=O)(=O)c1ccc(S(=O)(=O)Nc2nnc(-c3ccc(Cl)cc3)s2)cc1. The molecule has 1 N–H and O–H groups in total. The van der Waals surface area contributed by atoms with Crippen LogP contribution in [-0.2, 0) is 19.9 Å². The lowest BCUT2D eigenvalue weighted by Crippen LogP contribution is -2.13. The number of hydrogen-bond acceptors (Lipinski definition) is 7. The molecule has 11 heteroatoms. The number of anilines is 1. The van der Waals surface area contributed by atoms with Crippen molar-refractivity contribution in [3.05, 3.63) is 53.6 Å². The minimum atomic E-state index is -3.91. The number of hydrogen-bond donors (Lipinski definition) is 1. The van der Waals surface area contributed by atoms with Crippen LogP contribution in [0.4, 0.5) is 5.13 Å². The molecule has 2 aromatic carbocycles. The lowest BCUT2D eigenvalue weighted by molar-refractivity contribution is 0.597. The van der Waals surface area contributed by atoms with Crippen LogP contribution in [-0.4, -0.2) is 33.3 Å². The van der Waals surface area contributed by atoms with Crippen LogP contribution in [0.2, 0.25) is 5.02 Å². The molecule has 3 rings (SSSR count). The molecule has 0 radical (unpaired) electrons. The van der Waals surface area contributed by atoms with Crippen molar-refractivity contribution in [2.24, 2.45) is 0 Å². The van der Waals surface area contributed by atoms with E-state index in [2.05, 4.69) is 14.9 Å². The van der Waals surface area contributed by atoms with E-state index in [1.807, 2.05) is 0 Å². The van der Waals surface area contributed by atoms with Gasteiger partial charge in [-0.05, 0) is 36.4 Å². The van der Waals surface area contributed by atoms with Gasteiger partial charge in [-0.2, -0.15) is 0 Å². The van der Waals surface area contributed by atoms with E-state index in [1.54, 1.807) is 24.3 Å². The molecule has 0 unspecified atom stereocenters. The molecule has 7 nitrogen and oxygen atoms in total. The summed E-state index contributed by atoms with van der Waals surface area (Å²) < 4.78 is 50.1. The highest BCUT2D eigenvalue weighted by Gasteiger charge is 2.18. The maximum atomic E-state index is 12.4. The number of sulfone groups is 1. The summed E-state index contributed by atoms with van der Waals surface area (Å²) in [6, 6.07) is 11.8. The minimum Gasteiger partial charge on any atom is -0.253 e. The minimum absolute atomic E-state index is 0.0392. The predicted molar refractivity (Wildman–Crippen MR) is 101 cm³/mol. The Hall–Kier alpha value is -2.01. The van der Waals surface area contributed by atoms with Gasteiger partial charge in [0.15, 0.2) is 9.84 Å². The summed E-state index contributed by atoms with van der Waals surface area (Å²) in [6.07, 6.45) is 1.05. The first kappa shape index (κ1) is 18.8. The summed E-state index contributed by atoms with van der Waals surface area (Å²) in [5.41, 5.74) is 0.759. The zero-order valence-electron chi connectivity index (χ0n) is 13.2. The van der Waals surface area contributed by atoms with Gasteiger partial charge >= 0.3 is 0 Å². The Bertz CT molecular complexity index is 1140.